The summed E-state index contributed by atoms with van der Waals surface area (Å²) in [5, 5.41) is 11.6. The Labute approximate surface area is 136 Å². The van der Waals surface area contributed by atoms with Crippen molar-refractivity contribution in [3.05, 3.63) is 11.1 Å². The standard InChI is InChI=1S/C16H24N4OS/c1-12(21)20(14-6-7-14)15-18-13(11-22-15)10-19(9-5-8-17)16(2,3)4/h11,14H,5-7,9-10H2,1-4H3. The fourth-order valence-electron chi connectivity index (χ4n) is 2.39. The smallest absolute Gasteiger partial charge is 0.225 e. The van der Waals surface area contributed by atoms with Crippen LogP contribution < -0.4 is 4.90 Å². The third-order valence-corrected chi connectivity index (χ3v) is 4.68. The van der Waals surface area contributed by atoms with Gasteiger partial charge in [-0.15, -0.1) is 11.3 Å². The number of aromatic nitrogens is 1. The van der Waals surface area contributed by atoms with Gasteiger partial charge in [0.05, 0.1) is 11.8 Å². The van der Waals surface area contributed by atoms with Gasteiger partial charge >= 0.3 is 0 Å². The molecule has 1 saturated carbocycles. The van der Waals surface area contributed by atoms with Gasteiger partial charge in [0.1, 0.15) is 0 Å². The predicted octanol–water partition coefficient (Wildman–Crippen LogP) is 3.17. The lowest BCUT2D eigenvalue weighted by Crippen LogP contribution is -2.41. The number of nitriles is 1. The van der Waals surface area contributed by atoms with E-state index in [1.807, 2.05) is 10.3 Å². The van der Waals surface area contributed by atoms with E-state index in [-0.39, 0.29) is 11.4 Å². The third kappa shape index (κ3) is 4.28. The molecule has 120 valence electrons. The molecule has 0 aromatic carbocycles. The molecule has 0 spiro atoms. The first-order valence-electron chi connectivity index (χ1n) is 7.69. The second-order valence-electron chi connectivity index (χ2n) is 6.74. The van der Waals surface area contributed by atoms with E-state index >= 15 is 0 Å². The lowest BCUT2D eigenvalue weighted by molar-refractivity contribution is -0.116. The third-order valence-electron chi connectivity index (χ3n) is 3.79. The van der Waals surface area contributed by atoms with E-state index in [1.54, 1.807) is 6.92 Å². The number of hydrogen-bond acceptors (Lipinski definition) is 5. The van der Waals surface area contributed by atoms with Gasteiger partial charge in [0.2, 0.25) is 5.91 Å². The Morgan fingerprint density at radius 1 is 1.50 bits per heavy atom. The first-order valence-corrected chi connectivity index (χ1v) is 8.57. The van der Waals surface area contributed by atoms with Crippen LogP contribution in [0.25, 0.3) is 0 Å². The molecule has 1 aliphatic rings. The van der Waals surface area contributed by atoms with Crippen LogP contribution in [0.1, 0.15) is 52.7 Å². The largest absolute Gasteiger partial charge is 0.292 e. The average Bonchev–Trinajstić information content (AvgIpc) is 3.12. The predicted molar refractivity (Wildman–Crippen MR) is 88.7 cm³/mol. The van der Waals surface area contributed by atoms with E-state index in [0.29, 0.717) is 19.0 Å². The summed E-state index contributed by atoms with van der Waals surface area (Å²) < 4.78 is 0. The summed E-state index contributed by atoms with van der Waals surface area (Å²) in [5.41, 5.74) is 0.956. The van der Waals surface area contributed by atoms with Crippen LogP contribution in [-0.2, 0) is 11.3 Å². The molecule has 1 amide bonds. The van der Waals surface area contributed by atoms with Crippen molar-refractivity contribution < 1.29 is 4.79 Å². The van der Waals surface area contributed by atoms with Crippen LogP contribution in [0.15, 0.2) is 5.38 Å². The normalized spacial score (nSPS) is 14.9. The van der Waals surface area contributed by atoms with Gasteiger partial charge < -0.3 is 0 Å². The minimum Gasteiger partial charge on any atom is -0.292 e. The molecule has 2 rings (SSSR count). The molecule has 0 unspecified atom stereocenters. The summed E-state index contributed by atoms with van der Waals surface area (Å²) >= 11 is 1.53. The van der Waals surface area contributed by atoms with Gasteiger partial charge in [-0.3, -0.25) is 14.6 Å². The van der Waals surface area contributed by atoms with Crippen LogP contribution >= 0.6 is 11.3 Å². The zero-order chi connectivity index (χ0) is 16.3. The Balaban J connectivity index is 2.09. The molecular formula is C16H24N4OS. The molecule has 0 radical (unpaired) electrons. The van der Waals surface area contributed by atoms with E-state index in [4.69, 9.17) is 5.26 Å². The Morgan fingerprint density at radius 2 is 2.18 bits per heavy atom. The molecule has 1 fully saturated rings. The molecule has 0 saturated heterocycles. The number of thiazole rings is 1. The first-order chi connectivity index (χ1) is 10.3. The van der Waals surface area contributed by atoms with Crippen molar-refractivity contribution in [3.63, 3.8) is 0 Å². The van der Waals surface area contributed by atoms with Crippen molar-refractivity contribution in [1.82, 2.24) is 9.88 Å². The summed E-state index contributed by atoms with van der Waals surface area (Å²) in [6.07, 6.45) is 2.66. The Bertz CT molecular complexity index is 565. The summed E-state index contributed by atoms with van der Waals surface area (Å²) in [5.74, 6) is 0.0700. The molecule has 1 aromatic heterocycles. The van der Waals surface area contributed by atoms with Gasteiger partial charge in [-0.2, -0.15) is 5.26 Å². The number of amides is 1. The number of anilines is 1. The van der Waals surface area contributed by atoms with E-state index < -0.39 is 0 Å². The summed E-state index contributed by atoms with van der Waals surface area (Å²) in [4.78, 5) is 20.5. The van der Waals surface area contributed by atoms with Crippen molar-refractivity contribution in [1.29, 1.82) is 5.26 Å². The number of nitrogens with zero attached hydrogens (tertiary/aromatic N) is 4. The van der Waals surface area contributed by atoms with Crippen LogP contribution in [0.2, 0.25) is 0 Å². The van der Waals surface area contributed by atoms with Gasteiger partial charge in [-0.05, 0) is 33.6 Å². The molecule has 0 atom stereocenters. The van der Waals surface area contributed by atoms with Gasteiger partial charge in [-0.25, -0.2) is 4.98 Å². The highest BCUT2D eigenvalue weighted by Crippen LogP contribution is 2.34. The monoisotopic (exact) mass is 320 g/mol. The SMILES string of the molecule is CC(=O)N(c1nc(CN(CCC#N)C(C)(C)C)cs1)C1CC1. The van der Waals surface area contributed by atoms with Crippen molar-refractivity contribution in [3.8, 4) is 6.07 Å². The molecule has 0 bridgehead atoms. The zero-order valence-electron chi connectivity index (χ0n) is 13.8. The van der Waals surface area contributed by atoms with Crippen molar-refractivity contribution >= 4 is 22.4 Å². The Hall–Kier alpha value is -1.45. The minimum atomic E-state index is -0.0165. The molecule has 1 aromatic rings. The highest BCUT2D eigenvalue weighted by Gasteiger charge is 2.34. The van der Waals surface area contributed by atoms with Crippen LogP contribution in [0.4, 0.5) is 5.13 Å². The average molecular weight is 320 g/mol. The topological polar surface area (TPSA) is 60.2 Å². The van der Waals surface area contributed by atoms with E-state index in [0.717, 1.165) is 30.2 Å². The molecule has 0 aliphatic heterocycles. The molecule has 1 heterocycles. The highest BCUT2D eigenvalue weighted by atomic mass is 32.1. The number of carbonyl (C=O) groups excluding carboxylic acids is 1. The molecule has 22 heavy (non-hydrogen) atoms. The zero-order valence-corrected chi connectivity index (χ0v) is 14.6. The quantitative estimate of drug-likeness (QED) is 0.808. The lowest BCUT2D eigenvalue weighted by atomic mass is 10.1. The second-order valence-corrected chi connectivity index (χ2v) is 7.58. The van der Waals surface area contributed by atoms with Crippen molar-refractivity contribution in [2.24, 2.45) is 0 Å². The summed E-state index contributed by atoms with van der Waals surface area (Å²) in [6.45, 7) is 9.47. The van der Waals surface area contributed by atoms with E-state index in [2.05, 4.69) is 36.7 Å². The second kappa shape index (κ2) is 6.76. The van der Waals surface area contributed by atoms with Gasteiger partial charge in [0.25, 0.3) is 0 Å². The Morgan fingerprint density at radius 3 is 2.68 bits per heavy atom. The van der Waals surface area contributed by atoms with Crippen molar-refractivity contribution in [2.45, 2.75) is 65.1 Å². The minimum absolute atomic E-state index is 0.0165. The molecule has 6 heteroatoms. The van der Waals surface area contributed by atoms with Gasteiger partial charge in [-0.1, -0.05) is 0 Å². The van der Waals surface area contributed by atoms with E-state index in [9.17, 15) is 4.79 Å². The maximum Gasteiger partial charge on any atom is 0.225 e. The van der Waals surface area contributed by atoms with Crippen LogP contribution in [0.5, 0.6) is 0 Å². The maximum absolute atomic E-state index is 11.8. The van der Waals surface area contributed by atoms with Crippen LogP contribution in [-0.4, -0.2) is 33.9 Å². The maximum atomic E-state index is 11.8. The van der Waals surface area contributed by atoms with E-state index in [1.165, 1.54) is 11.3 Å². The van der Waals surface area contributed by atoms with Crippen molar-refractivity contribution in [2.75, 3.05) is 11.4 Å². The summed E-state index contributed by atoms with van der Waals surface area (Å²) in [6, 6.07) is 2.55. The molecule has 5 nitrogen and oxygen atoms in total. The lowest BCUT2D eigenvalue weighted by Gasteiger charge is -2.34. The number of carbonyl (C=O) groups is 1. The summed E-state index contributed by atoms with van der Waals surface area (Å²) in [7, 11) is 0. The molecule has 0 N–H and O–H groups in total. The highest BCUT2D eigenvalue weighted by molar-refractivity contribution is 7.14. The first kappa shape index (κ1) is 16.9. The number of hydrogen-bond donors (Lipinski definition) is 0. The fourth-order valence-corrected chi connectivity index (χ4v) is 3.32. The fraction of sp³-hybridized carbons (Fsp3) is 0.688. The molecular weight excluding hydrogens is 296 g/mol. The van der Waals surface area contributed by atoms with Gasteiger partial charge in [0.15, 0.2) is 5.13 Å². The van der Waals surface area contributed by atoms with Gasteiger partial charge in [0, 0.05) is 43.4 Å². The van der Waals surface area contributed by atoms with Crippen LogP contribution in [0.3, 0.4) is 0 Å². The van der Waals surface area contributed by atoms with Crippen LogP contribution in [0, 0.1) is 11.3 Å². The number of rotatable bonds is 6. The molecule has 1 aliphatic carbocycles. The Kier molecular flexibility index (Phi) is 5.20.